The highest BCUT2D eigenvalue weighted by Gasteiger charge is 2.70. The largest absolute Gasteiger partial charge is 0.497 e. The fourth-order valence-corrected chi connectivity index (χ4v) is 6.39. The average Bonchev–Trinajstić information content (AvgIpc) is 3.17. The predicted molar refractivity (Wildman–Crippen MR) is 110 cm³/mol. The summed E-state index contributed by atoms with van der Waals surface area (Å²) in [5.41, 5.74) is 7.80. The number of benzene rings is 1. The van der Waals surface area contributed by atoms with E-state index < -0.39 is 0 Å². The van der Waals surface area contributed by atoms with Crippen molar-refractivity contribution in [1.82, 2.24) is 10.1 Å². The monoisotopic (exact) mass is 398 g/mol. The number of fused-ring (bicyclic) bond motifs is 4. The van der Waals surface area contributed by atoms with Crippen molar-refractivity contribution in [1.29, 1.82) is 0 Å². The van der Waals surface area contributed by atoms with Gasteiger partial charge < -0.3 is 4.74 Å². The summed E-state index contributed by atoms with van der Waals surface area (Å²) in [5, 5.41) is 4.64. The molecule has 2 heterocycles. The standard InChI is InChI=1S/C21H26N4O2S/c1-19(2)14-9-10-20(19,3)21(12-14)23-22-18-25(24-21)17(26)16(28-18)11-13-5-7-15(27-4)8-6-13/h5-8,11,14,23-24H,9-10,12H2,1-4H3/b16-11+/t14-,20-,21-/m1/s1. The molecule has 1 spiro atoms. The Morgan fingerprint density at radius 1 is 1.29 bits per heavy atom. The van der Waals surface area contributed by atoms with Crippen molar-refractivity contribution in [3.63, 3.8) is 0 Å². The van der Waals surface area contributed by atoms with Crippen LogP contribution in [0.4, 0.5) is 0 Å². The summed E-state index contributed by atoms with van der Waals surface area (Å²) >= 11 is 1.40. The lowest BCUT2D eigenvalue weighted by atomic mass is 9.66. The molecule has 148 valence electrons. The van der Waals surface area contributed by atoms with Gasteiger partial charge in [-0.05, 0) is 54.4 Å². The summed E-state index contributed by atoms with van der Waals surface area (Å²) in [6.45, 7) is 7.05. The smallest absolute Gasteiger partial charge is 0.289 e. The quantitative estimate of drug-likeness (QED) is 0.812. The number of thiazole rings is 1. The molecule has 7 heteroatoms. The zero-order valence-corrected chi connectivity index (χ0v) is 17.5. The number of rotatable bonds is 2. The van der Waals surface area contributed by atoms with E-state index in [4.69, 9.17) is 4.74 Å². The van der Waals surface area contributed by atoms with Gasteiger partial charge in [-0.25, -0.2) is 0 Å². The molecule has 0 amide bonds. The second-order valence-corrected chi connectivity index (χ2v) is 10.1. The van der Waals surface area contributed by atoms with E-state index in [-0.39, 0.29) is 22.1 Å². The van der Waals surface area contributed by atoms with Crippen LogP contribution < -0.4 is 30.5 Å². The molecular weight excluding hydrogens is 372 g/mol. The fraction of sp³-hybridized carbons (Fsp3) is 0.524. The van der Waals surface area contributed by atoms with Crippen LogP contribution in [0, 0.1) is 16.7 Å². The van der Waals surface area contributed by atoms with E-state index in [1.54, 1.807) is 11.8 Å². The molecule has 2 aliphatic carbocycles. The van der Waals surface area contributed by atoms with Crippen molar-refractivity contribution < 1.29 is 4.74 Å². The first kappa shape index (κ1) is 17.8. The minimum Gasteiger partial charge on any atom is -0.497 e. The third kappa shape index (κ3) is 2.14. The Morgan fingerprint density at radius 2 is 2.04 bits per heavy atom. The number of ether oxygens (including phenoxy) is 1. The van der Waals surface area contributed by atoms with Gasteiger partial charge in [0, 0.05) is 5.41 Å². The van der Waals surface area contributed by atoms with Gasteiger partial charge in [0.2, 0.25) is 4.80 Å². The van der Waals surface area contributed by atoms with Crippen LogP contribution in [0.1, 0.15) is 45.6 Å². The molecule has 3 atom stereocenters. The first-order valence-corrected chi connectivity index (χ1v) is 10.6. The molecule has 2 N–H and O–H groups in total. The lowest BCUT2D eigenvalue weighted by molar-refractivity contribution is 0.0557. The topological polar surface area (TPSA) is 67.7 Å². The highest BCUT2D eigenvalue weighted by molar-refractivity contribution is 7.07. The molecule has 0 saturated heterocycles. The third-order valence-corrected chi connectivity index (χ3v) is 8.76. The van der Waals surface area contributed by atoms with Crippen molar-refractivity contribution in [2.45, 2.75) is 45.7 Å². The minimum absolute atomic E-state index is 0.0348. The maximum absolute atomic E-state index is 13.1. The van der Waals surface area contributed by atoms with Crippen molar-refractivity contribution in [3.8, 4) is 5.75 Å². The normalized spacial score (nSPS) is 32.6. The van der Waals surface area contributed by atoms with E-state index in [0.29, 0.717) is 15.3 Å². The Bertz CT molecular complexity index is 1120. The van der Waals surface area contributed by atoms with E-state index in [9.17, 15) is 4.79 Å². The lowest BCUT2D eigenvalue weighted by Gasteiger charge is -2.49. The summed E-state index contributed by atoms with van der Waals surface area (Å²) in [4.78, 5) is 13.8. The molecule has 2 bridgehead atoms. The van der Waals surface area contributed by atoms with Crippen molar-refractivity contribution in [2.24, 2.45) is 21.8 Å². The van der Waals surface area contributed by atoms with Gasteiger partial charge in [0.05, 0.1) is 11.6 Å². The van der Waals surface area contributed by atoms with Gasteiger partial charge >= 0.3 is 0 Å². The van der Waals surface area contributed by atoms with Crippen LogP contribution in [0.3, 0.4) is 0 Å². The molecule has 5 rings (SSSR count). The lowest BCUT2D eigenvalue weighted by Crippen LogP contribution is -2.68. The molecule has 1 aromatic heterocycles. The molecule has 1 aliphatic heterocycles. The van der Waals surface area contributed by atoms with Crippen LogP contribution in [0.15, 0.2) is 34.2 Å². The molecule has 28 heavy (non-hydrogen) atoms. The molecule has 1 aromatic carbocycles. The Morgan fingerprint density at radius 3 is 2.64 bits per heavy atom. The summed E-state index contributed by atoms with van der Waals surface area (Å²) in [5.74, 6) is 1.43. The minimum atomic E-state index is -0.366. The maximum atomic E-state index is 13.1. The van der Waals surface area contributed by atoms with Gasteiger partial charge in [-0.3, -0.25) is 15.6 Å². The number of nitrogens with zero attached hydrogens (tertiary/aromatic N) is 2. The molecule has 2 saturated carbocycles. The van der Waals surface area contributed by atoms with E-state index in [0.717, 1.165) is 24.2 Å². The number of aromatic nitrogens is 1. The van der Waals surface area contributed by atoms with Crippen LogP contribution in [0.2, 0.25) is 0 Å². The summed E-state index contributed by atoms with van der Waals surface area (Å²) < 4.78 is 7.52. The van der Waals surface area contributed by atoms with Crippen LogP contribution >= 0.6 is 11.3 Å². The molecule has 6 nitrogen and oxygen atoms in total. The molecule has 0 radical (unpaired) electrons. The van der Waals surface area contributed by atoms with Crippen molar-refractivity contribution >= 4 is 17.4 Å². The Labute approximate surface area is 167 Å². The fourth-order valence-electron chi connectivity index (χ4n) is 5.51. The van der Waals surface area contributed by atoms with Gasteiger partial charge in [0.25, 0.3) is 5.56 Å². The van der Waals surface area contributed by atoms with Gasteiger partial charge in [0.15, 0.2) is 0 Å². The van der Waals surface area contributed by atoms with Gasteiger partial charge in [-0.2, -0.15) is 4.68 Å². The average molecular weight is 399 g/mol. The Kier molecular flexibility index (Phi) is 3.58. The molecule has 2 aromatic rings. The number of hydrogen-bond donors (Lipinski definition) is 2. The number of nitrogens with one attached hydrogen (secondary N) is 2. The highest BCUT2D eigenvalue weighted by atomic mass is 32.1. The molecular formula is C21H26N4O2S. The van der Waals surface area contributed by atoms with Gasteiger partial charge in [-0.15, -0.1) is 5.10 Å². The van der Waals surface area contributed by atoms with Gasteiger partial charge in [0.1, 0.15) is 11.4 Å². The van der Waals surface area contributed by atoms with E-state index in [1.807, 2.05) is 30.3 Å². The first-order valence-electron chi connectivity index (χ1n) is 9.80. The second-order valence-electron chi connectivity index (χ2n) is 9.04. The van der Waals surface area contributed by atoms with Crippen LogP contribution in [-0.4, -0.2) is 17.4 Å². The van der Waals surface area contributed by atoms with Crippen LogP contribution in [-0.2, 0) is 0 Å². The maximum Gasteiger partial charge on any atom is 0.289 e. The SMILES string of the molecule is COc1ccc(/C=c2/sc3n(c2=O)N[C@@]2(C[C@H]4CC[C@]2(C)C4(C)C)NN=3)cc1. The van der Waals surface area contributed by atoms with E-state index in [1.165, 1.54) is 17.8 Å². The molecule has 3 aliphatic rings. The highest BCUT2D eigenvalue weighted by Crippen LogP contribution is 2.69. The third-order valence-electron chi connectivity index (χ3n) is 7.80. The molecule has 0 unspecified atom stereocenters. The Hall–Kier alpha value is -2.28. The number of methoxy groups -OCH3 is 1. The summed E-state index contributed by atoms with van der Waals surface area (Å²) in [6, 6.07) is 7.69. The van der Waals surface area contributed by atoms with E-state index in [2.05, 4.69) is 36.7 Å². The predicted octanol–water partition coefficient (Wildman–Crippen LogP) is 1.97. The zero-order chi connectivity index (χ0) is 19.7. The Balaban J connectivity index is 1.55. The van der Waals surface area contributed by atoms with Crippen LogP contribution in [0.25, 0.3) is 6.08 Å². The van der Waals surface area contributed by atoms with E-state index >= 15 is 0 Å². The number of hydrogen-bond acceptors (Lipinski definition) is 6. The second kappa shape index (κ2) is 5.63. The summed E-state index contributed by atoms with van der Waals surface area (Å²) in [6.07, 6.45) is 5.28. The zero-order valence-electron chi connectivity index (χ0n) is 16.7. The van der Waals surface area contributed by atoms with Crippen molar-refractivity contribution in [2.75, 3.05) is 12.5 Å². The first-order chi connectivity index (χ1) is 13.3. The van der Waals surface area contributed by atoms with Crippen LogP contribution in [0.5, 0.6) is 5.75 Å². The summed E-state index contributed by atoms with van der Waals surface area (Å²) in [7, 11) is 1.64. The molecule has 2 fully saturated rings. The van der Waals surface area contributed by atoms with Crippen molar-refractivity contribution in [3.05, 3.63) is 49.5 Å². The van der Waals surface area contributed by atoms with Gasteiger partial charge in [-0.1, -0.05) is 44.2 Å².